The smallest absolute Gasteiger partial charge is 0.485 e. The first-order valence-electron chi connectivity index (χ1n) is 1.27. The first-order valence-corrected chi connectivity index (χ1v) is 2.68. The number of halogens is 3. The summed E-state index contributed by atoms with van der Waals surface area (Å²) in [6.45, 7) is 0. The van der Waals surface area contributed by atoms with Crippen LogP contribution < -0.4 is 0 Å². The number of hydrogen-bond donors (Lipinski definition) is 0. The number of alkyl halides is 3. The molecule has 0 aliphatic rings. The second kappa shape index (κ2) is 3.43. The van der Waals surface area contributed by atoms with Crippen molar-refractivity contribution in [3.05, 3.63) is 0 Å². The monoisotopic (exact) mass is 301 g/mol. The van der Waals surface area contributed by atoms with Gasteiger partial charge in [-0.25, -0.2) is 8.42 Å². The average molecular weight is 299 g/mol. The van der Waals surface area contributed by atoms with Gasteiger partial charge in [-0.05, 0) is 0 Å². The van der Waals surface area contributed by atoms with Crippen LogP contribution in [0.1, 0.15) is 0 Å². The topological polar surface area (TPSA) is 57.2 Å². The van der Waals surface area contributed by atoms with Gasteiger partial charge in [-0.3, -0.25) is 0 Å². The SMILES string of the molecule is O=S(=O)([O-])C(F)(F)F.[Sm]. The fourth-order valence-electron chi connectivity index (χ4n) is 0. The van der Waals surface area contributed by atoms with E-state index in [0.29, 0.717) is 0 Å². The van der Waals surface area contributed by atoms with Crippen LogP contribution >= 0.6 is 0 Å². The minimum Gasteiger partial charge on any atom is -0.741 e. The molecular formula is CF3O3SSm-. The van der Waals surface area contributed by atoms with E-state index >= 15 is 0 Å². The molecule has 0 bridgehead atoms. The Morgan fingerprint density at radius 3 is 1.33 bits per heavy atom. The van der Waals surface area contributed by atoms with Gasteiger partial charge >= 0.3 is 5.51 Å². The Morgan fingerprint density at radius 1 is 1.22 bits per heavy atom. The second-order valence-corrected chi connectivity index (χ2v) is 2.27. The van der Waals surface area contributed by atoms with E-state index in [1.807, 2.05) is 0 Å². The summed E-state index contributed by atoms with van der Waals surface area (Å²) in [6.07, 6.45) is 0. The zero-order valence-corrected chi connectivity index (χ0v) is 7.11. The maximum atomic E-state index is 10.7. The minimum atomic E-state index is -6.09. The van der Waals surface area contributed by atoms with Crippen molar-refractivity contribution < 1.29 is 66.5 Å². The van der Waals surface area contributed by atoms with E-state index < -0.39 is 15.6 Å². The zero-order chi connectivity index (χ0) is 7.00. The van der Waals surface area contributed by atoms with Crippen LogP contribution in [0.25, 0.3) is 0 Å². The normalized spacial score (nSPS) is 12.4. The van der Waals surface area contributed by atoms with E-state index in [-0.39, 0.29) is 40.4 Å². The summed E-state index contributed by atoms with van der Waals surface area (Å²) < 4.78 is 58.9. The Hall–Kier alpha value is 1.04. The van der Waals surface area contributed by atoms with Gasteiger partial charge in [0, 0.05) is 40.4 Å². The zero-order valence-electron chi connectivity index (χ0n) is 3.68. The van der Waals surface area contributed by atoms with E-state index in [0.717, 1.165) is 0 Å². The van der Waals surface area contributed by atoms with E-state index in [2.05, 4.69) is 0 Å². The van der Waals surface area contributed by atoms with Crippen LogP contribution in [0.3, 0.4) is 0 Å². The van der Waals surface area contributed by atoms with Crippen molar-refractivity contribution in [1.82, 2.24) is 0 Å². The molecule has 0 saturated heterocycles. The maximum absolute atomic E-state index is 10.7. The molecule has 0 amide bonds. The molecule has 0 N–H and O–H groups in total. The summed E-state index contributed by atoms with van der Waals surface area (Å²) in [7, 11) is -6.09. The van der Waals surface area contributed by atoms with Gasteiger partial charge in [-0.15, -0.1) is 0 Å². The van der Waals surface area contributed by atoms with Crippen LogP contribution in [0, 0.1) is 40.4 Å². The first-order chi connectivity index (χ1) is 3.25. The van der Waals surface area contributed by atoms with Gasteiger partial charge in [-0.2, -0.15) is 13.2 Å². The van der Waals surface area contributed by atoms with Crippen molar-refractivity contribution in [1.29, 1.82) is 0 Å². The second-order valence-electron chi connectivity index (χ2n) is 0.900. The molecule has 0 saturated carbocycles. The Morgan fingerprint density at radius 2 is 1.33 bits per heavy atom. The molecule has 0 unspecified atom stereocenters. The first kappa shape index (κ1) is 12.7. The molecule has 0 aliphatic heterocycles. The maximum Gasteiger partial charge on any atom is 0.485 e. The van der Waals surface area contributed by atoms with Crippen LogP contribution in [-0.2, 0) is 10.1 Å². The van der Waals surface area contributed by atoms with Crippen molar-refractivity contribution in [3.63, 3.8) is 0 Å². The van der Waals surface area contributed by atoms with Gasteiger partial charge in [0.1, 0.15) is 0 Å². The predicted molar refractivity (Wildman–Crippen MR) is 15.8 cm³/mol. The Bertz CT molecular complexity index is 168. The summed E-state index contributed by atoms with van der Waals surface area (Å²) in [5, 5.41) is 0. The van der Waals surface area contributed by atoms with Gasteiger partial charge in [-0.1, -0.05) is 0 Å². The predicted octanol–water partition coefficient (Wildman–Crippen LogP) is 0.0514. The van der Waals surface area contributed by atoms with Gasteiger partial charge in [0.2, 0.25) is 0 Å². The van der Waals surface area contributed by atoms with Crippen molar-refractivity contribution in [2.24, 2.45) is 0 Å². The van der Waals surface area contributed by atoms with Gasteiger partial charge in [0.25, 0.3) is 0 Å². The van der Waals surface area contributed by atoms with Crippen molar-refractivity contribution in [2.45, 2.75) is 5.51 Å². The van der Waals surface area contributed by atoms with Crippen molar-refractivity contribution >= 4 is 10.1 Å². The molecule has 0 aromatic carbocycles. The summed E-state index contributed by atoms with van der Waals surface area (Å²) >= 11 is 0. The Kier molecular flexibility index (Phi) is 4.84. The standard InChI is InChI=1S/CHF3O3S.Sm/c2-1(3,4)8(5,6)7;/h(H,5,6,7);/p-1. The van der Waals surface area contributed by atoms with Gasteiger partial charge in [0.15, 0.2) is 10.1 Å². The fourth-order valence-corrected chi connectivity index (χ4v) is 0. The van der Waals surface area contributed by atoms with Crippen LogP contribution in [-0.4, -0.2) is 18.5 Å². The number of hydrogen-bond acceptors (Lipinski definition) is 3. The summed E-state index contributed by atoms with van der Waals surface area (Å²) in [5.74, 6) is 0. The molecule has 0 aromatic heterocycles. The van der Waals surface area contributed by atoms with Crippen molar-refractivity contribution in [2.75, 3.05) is 0 Å². The summed E-state index contributed by atoms with van der Waals surface area (Å²) in [6, 6.07) is 0. The van der Waals surface area contributed by atoms with E-state index in [9.17, 15) is 13.2 Å². The molecule has 0 aromatic rings. The van der Waals surface area contributed by atoms with E-state index in [1.165, 1.54) is 0 Å². The summed E-state index contributed by atoms with van der Waals surface area (Å²) in [4.78, 5) is 0. The quantitative estimate of drug-likeness (QED) is 0.469. The molecule has 0 rings (SSSR count). The van der Waals surface area contributed by atoms with Crippen molar-refractivity contribution in [3.8, 4) is 0 Å². The molecule has 0 heterocycles. The molecule has 9 heavy (non-hydrogen) atoms. The largest absolute Gasteiger partial charge is 0.741 e. The average Bonchev–Trinajstić information content (AvgIpc) is 1.25. The van der Waals surface area contributed by atoms with Gasteiger partial charge < -0.3 is 4.55 Å². The van der Waals surface area contributed by atoms with Crippen LogP contribution in [0.5, 0.6) is 0 Å². The van der Waals surface area contributed by atoms with Crippen LogP contribution in [0.2, 0.25) is 0 Å². The third kappa shape index (κ3) is 4.44. The number of rotatable bonds is 0. The molecule has 0 radical (unpaired) electrons. The van der Waals surface area contributed by atoms with E-state index in [1.54, 1.807) is 0 Å². The molecule has 0 fully saturated rings. The minimum absolute atomic E-state index is 0. The Balaban J connectivity index is 0. The molecule has 0 atom stereocenters. The molecular weight excluding hydrogens is 299 g/mol. The summed E-state index contributed by atoms with van der Waals surface area (Å²) in [5.41, 5.74) is -5.65. The fraction of sp³-hybridized carbons (Fsp3) is 1.00. The Labute approximate surface area is 81.5 Å². The molecule has 0 aliphatic carbocycles. The van der Waals surface area contributed by atoms with E-state index in [4.69, 9.17) is 13.0 Å². The molecule has 8 heteroatoms. The van der Waals surface area contributed by atoms with Crippen LogP contribution in [0.4, 0.5) is 13.2 Å². The molecule has 0 spiro atoms. The third-order valence-corrected chi connectivity index (χ3v) is 0.850. The van der Waals surface area contributed by atoms with Crippen LogP contribution in [0.15, 0.2) is 0 Å². The molecule has 56 valence electrons. The molecule has 3 nitrogen and oxygen atoms in total. The third-order valence-electron chi connectivity index (χ3n) is 0.283. The van der Waals surface area contributed by atoms with Gasteiger partial charge in [0.05, 0.1) is 0 Å².